The van der Waals surface area contributed by atoms with Crippen LogP contribution in [0.15, 0.2) is 91.0 Å². The van der Waals surface area contributed by atoms with Crippen LogP contribution in [-0.2, 0) is 4.79 Å². The summed E-state index contributed by atoms with van der Waals surface area (Å²) < 4.78 is 0. The van der Waals surface area contributed by atoms with Crippen molar-refractivity contribution in [1.29, 1.82) is 0 Å². The van der Waals surface area contributed by atoms with E-state index in [9.17, 15) is 4.79 Å². The van der Waals surface area contributed by atoms with E-state index >= 15 is 0 Å². The minimum absolute atomic E-state index is 0.00552. The Morgan fingerprint density at radius 1 is 0.741 bits per heavy atom. The lowest BCUT2D eigenvalue weighted by molar-refractivity contribution is -0.133. The highest BCUT2D eigenvalue weighted by atomic mass is 16.2. The van der Waals surface area contributed by atoms with Gasteiger partial charge in [0.25, 0.3) is 0 Å². The van der Waals surface area contributed by atoms with Gasteiger partial charge in [-0.3, -0.25) is 4.79 Å². The Hall–Kier alpha value is -2.87. The molecule has 1 fully saturated rings. The zero-order chi connectivity index (χ0) is 18.8. The summed E-state index contributed by atoms with van der Waals surface area (Å²) >= 11 is 0. The Bertz CT molecular complexity index is 846. The van der Waals surface area contributed by atoms with Crippen molar-refractivity contribution in [2.75, 3.05) is 7.05 Å². The maximum absolute atomic E-state index is 13.4. The maximum atomic E-state index is 13.4. The zero-order valence-electron chi connectivity index (χ0n) is 15.8. The maximum Gasteiger partial charge on any atom is 0.227 e. The largest absolute Gasteiger partial charge is 0.339 e. The van der Waals surface area contributed by atoms with E-state index in [4.69, 9.17) is 0 Å². The number of amides is 1. The molecule has 0 radical (unpaired) electrons. The molecule has 0 N–H and O–H groups in total. The third kappa shape index (κ3) is 3.40. The fourth-order valence-corrected chi connectivity index (χ4v) is 4.18. The molecule has 0 unspecified atom stereocenters. The van der Waals surface area contributed by atoms with Crippen molar-refractivity contribution < 1.29 is 4.79 Å². The number of hydrogen-bond donors (Lipinski definition) is 0. The van der Waals surface area contributed by atoms with Gasteiger partial charge in [-0.2, -0.15) is 0 Å². The Morgan fingerprint density at radius 2 is 1.15 bits per heavy atom. The van der Waals surface area contributed by atoms with Crippen LogP contribution in [0.2, 0.25) is 0 Å². The fraction of sp³-hybridized carbons (Fsp3) is 0.240. The SMILES string of the molecule is C[C@@H](c1ccccc1)N(C)C(=O)C1[C@@H](c2ccccc2)[C@@H]1c1ccccc1. The van der Waals surface area contributed by atoms with Crippen LogP contribution in [0.25, 0.3) is 0 Å². The molecule has 1 aliphatic carbocycles. The monoisotopic (exact) mass is 355 g/mol. The van der Waals surface area contributed by atoms with Crippen molar-refractivity contribution >= 4 is 5.91 Å². The first kappa shape index (κ1) is 17.5. The van der Waals surface area contributed by atoms with Crippen LogP contribution in [0.5, 0.6) is 0 Å². The van der Waals surface area contributed by atoms with Crippen LogP contribution >= 0.6 is 0 Å². The van der Waals surface area contributed by atoms with Crippen molar-refractivity contribution in [3.63, 3.8) is 0 Å². The molecule has 1 aliphatic rings. The predicted molar refractivity (Wildman–Crippen MR) is 109 cm³/mol. The lowest BCUT2D eigenvalue weighted by Crippen LogP contribution is -2.31. The Kier molecular flexibility index (Phi) is 4.81. The van der Waals surface area contributed by atoms with Gasteiger partial charge in [0.2, 0.25) is 5.91 Å². The molecule has 0 bridgehead atoms. The first-order valence-electron chi connectivity index (χ1n) is 9.60. The minimum atomic E-state index is 0.00552. The quantitative estimate of drug-likeness (QED) is 0.600. The molecule has 27 heavy (non-hydrogen) atoms. The lowest BCUT2D eigenvalue weighted by atomic mass is 10.0. The fourth-order valence-electron chi connectivity index (χ4n) is 4.18. The smallest absolute Gasteiger partial charge is 0.227 e. The van der Waals surface area contributed by atoms with Gasteiger partial charge in [-0.25, -0.2) is 0 Å². The molecule has 3 atom stereocenters. The van der Waals surface area contributed by atoms with Gasteiger partial charge >= 0.3 is 0 Å². The summed E-state index contributed by atoms with van der Waals surface area (Å²) in [6.45, 7) is 2.10. The van der Waals surface area contributed by atoms with Gasteiger partial charge in [0.1, 0.15) is 0 Å². The van der Waals surface area contributed by atoms with E-state index < -0.39 is 0 Å². The molecule has 0 heterocycles. The molecule has 1 amide bonds. The van der Waals surface area contributed by atoms with E-state index in [2.05, 4.69) is 67.6 Å². The summed E-state index contributed by atoms with van der Waals surface area (Å²) in [5.41, 5.74) is 3.68. The summed E-state index contributed by atoms with van der Waals surface area (Å²) in [5.74, 6) is 0.748. The summed E-state index contributed by atoms with van der Waals surface area (Å²) in [6, 6.07) is 31.2. The van der Waals surface area contributed by atoms with E-state index in [1.165, 1.54) is 16.7 Å². The first-order chi connectivity index (χ1) is 13.2. The number of benzene rings is 3. The van der Waals surface area contributed by atoms with Crippen LogP contribution in [0.4, 0.5) is 0 Å². The molecule has 0 spiro atoms. The molecule has 0 aliphatic heterocycles. The number of rotatable bonds is 5. The second kappa shape index (κ2) is 7.40. The van der Waals surface area contributed by atoms with Crippen LogP contribution in [0, 0.1) is 5.92 Å². The van der Waals surface area contributed by atoms with Gasteiger partial charge in [0, 0.05) is 18.9 Å². The van der Waals surface area contributed by atoms with Gasteiger partial charge < -0.3 is 4.90 Å². The van der Waals surface area contributed by atoms with Gasteiger partial charge in [-0.15, -0.1) is 0 Å². The topological polar surface area (TPSA) is 20.3 Å². The lowest BCUT2D eigenvalue weighted by Gasteiger charge is -2.26. The molecule has 136 valence electrons. The summed E-state index contributed by atoms with van der Waals surface area (Å²) in [4.78, 5) is 15.3. The first-order valence-corrected chi connectivity index (χ1v) is 9.60. The molecule has 2 nitrogen and oxygen atoms in total. The van der Waals surface area contributed by atoms with Crippen LogP contribution in [-0.4, -0.2) is 17.9 Å². The molecule has 3 aromatic carbocycles. The molecule has 4 rings (SSSR count). The van der Waals surface area contributed by atoms with E-state index in [0.717, 1.165) is 0 Å². The third-order valence-corrected chi connectivity index (χ3v) is 5.88. The zero-order valence-corrected chi connectivity index (χ0v) is 15.8. The van der Waals surface area contributed by atoms with Crippen molar-refractivity contribution in [3.05, 3.63) is 108 Å². The summed E-state index contributed by atoms with van der Waals surface area (Å²) in [7, 11) is 1.93. The van der Waals surface area contributed by atoms with Gasteiger partial charge in [0.15, 0.2) is 0 Å². The van der Waals surface area contributed by atoms with E-state index in [0.29, 0.717) is 0 Å². The average Bonchev–Trinajstić information content (AvgIpc) is 3.50. The van der Waals surface area contributed by atoms with E-state index in [1.54, 1.807) is 0 Å². The van der Waals surface area contributed by atoms with E-state index in [-0.39, 0.29) is 29.7 Å². The second-order valence-electron chi connectivity index (χ2n) is 7.43. The Morgan fingerprint density at radius 3 is 1.59 bits per heavy atom. The molecule has 2 heteroatoms. The van der Waals surface area contributed by atoms with Gasteiger partial charge in [-0.1, -0.05) is 91.0 Å². The third-order valence-electron chi connectivity index (χ3n) is 5.88. The van der Waals surface area contributed by atoms with E-state index in [1.807, 2.05) is 42.3 Å². The van der Waals surface area contributed by atoms with Crippen molar-refractivity contribution in [1.82, 2.24) is 4.90 Å². The van der Waals surface area contributed by atoms with Crippen LogP contribution in [0.1, 0.15) is 41.5 Å². The Labute approximate surface area is 161 Å². The van der Waals surface area contributed by atoms with Gasteiger partial charge in [-0.05, 0) is 23.6 Å². The molecule has 0 aromatic heterocycles. The Balaban J connectivity index is 1.61. The number of carbonyl (C=O) groups is 1. The summed E-state index contributed by atoms with van der Waals surface area (Å²) in [5, 5.41) is 0. The molecule has 1 saturated carbocycles. The highest BCUT2D eigenvalue weighted by molar-refractivity contribution is 5.85. The highest BCUT2D eigenvalue weighted by Gasteiger charge is 2.56. The van der Waals surface area contributed by atoms with Crippen LogP contribution in [0.3, 0.4) is 0 Å². The van der Waals surface area contributed by atoms with Crippen molar-refractivity contribution in [2.45, 2.75) is 24.8 Å². The molecular weight excluding hydrogens is 330 g/mol. The average molecular weight is 355 g/mol. The van der Waals surface area contributed by atoms with Crippen molar-refractivity contribution in [3.8, 4) is 0 Å². The normalized spacial score (nSPS) is 22.1. The molecular formula is C25H25NO. The number of carbonyl (C=O) groups excluding carboxylic acids is 1. The summed E-state index contributed by atoms with van der Waals surface area (Å²) in [6.07, 6.45) is 0. The van der Waals surface area contributed by atoms with Crippen molar-refractivity contribution in [2.24, 2.45) is 5.92 Å². The second-order valence-corrected chi connectivity index (χ2v) is 7.43. The van der Waals surface area contributed by atoms with Crippen LogP contribution < -0.4 is 0 Å². The number of nitrogens with zero attached hydrogens (tertiary/aromatic N) is 1. The molecule has 3 aromatic rings. The highest BCUT2D eigenvalue weighted by Crippen LogP contribution is 2.61. The number of hydrogen-bond acceptors (Lipinski definition) is 1. The molecule has 0 saturated heterocycles. The van der Waals surface area contributed by atoms with Gasteiger partial charge in [0.05, 0.1) is 12.0 Å². The standard InChI is InChI=1S/C25H25NO/c1-18(19-12-6-3-7-13-19)26(2)25(27)24-22(20-14-8-4-9-15-20)23(24)21-16-10-5-11-17-21/h3-18,22-24H,1-2H3/t18-,22-,23-/m0/s1. The predicted octanol–water partition coefficient (Wildman–Crippen LogP) is 5.40. The minimum Gasteiger partial charge on any atom is -0.339 e.